The van der Waals surface area contributed by atoms with Crippen molar-refractivity contribution in [2.24, 2.45) is 0 Å². The molecule has 0 bridgehead atoms. The predicted octanol–water partition coefficient (Wildman–Crippen LogP) is 5.30. The molecule has 0 aliphatic rings. The van der Waals surface area contributed by atoms with E-state index in [1.807, 2.05) is 56.3 Å². The Morgan fingerprint density at radius 1 is 1.07 bits per heavy atom. The summed E-state index contributed by atoms with van der Waals surface area (Å²) in [7, 11) is 1.59. The molecule has 0 radical (unpaired) electrons. The fourth-order valence-corrected chi connectivity index (χ4v) is 3.98. The third-order valence-corrected chi connectivity index (χ3v) is 6.01. The molecule has 5 heteroatoms. The Balaban J connectivity index is 1.94. The molecule has 1 N–H and O–H groups in total. The van der Waals surface area contributed by atoms with Crippen LogP contribution in [0.5, 0.6) is 0 Å². The maximum absolute atomic E-state index is 13.0. The van der Waals surface area contributed by atoms with Gasteiger partial charge in [0.25, 0.3) is 5.91 Å². The number of aromatic carboxylic acids is 1. The second-order valence-electron chi connectivity index (χ2n) is 7.21. The SMILES string of the molecule is C#CC(C)(C)c1ccc(C(=O)N(C)c2cc(-c3ccccc3)sc2C(=O)O)cc1. The number of terminal acetylenes is 1. The van der Waals surface area contributed by atoms with Crippen molar-refractivity contribution in [1.29, 1.82) is 0 Å². The molecule has 2 aromatic carbocycles. The molecule has 0 atom stereocenters. The minimum atomic E-state index is -1.06. The summed E-state index contributed by atoms with van der Waals surface area (Å²) in [5.74, 6) is 1.39. The smallest absolute Gasteiger partial charge is 0.348 e. The van der Waals surface area contributed by atoms with Crippen molar-refractivity contribution in [3.8, 4) is 22.8 Å². The molecule has 1 amide bonds. The molecule has 0 saturated carbocycles. The minimum absolute atomic E-state index is 0.129. The molecule has 146 valence electrons. The number of hydrogen-bond acceptors (Lipinski definition) is 3. The monoisotopic (exact) mass is 403 g/mol. The second kappa shape index (κ2) is 7.94. The van der Waals surface area contributed by atoms with Crippen LogP contribution in [-0.2, 0) is 5.41 Å². The van der Waals surface area contributed by atoms with Crippen LogP contribution in [-0.4, -0.2) is 24.0 Å². The van der Waals surface area contributed by atoms with E-state index in [1.54, 1.807) is 25.2 Å². The summed E-state index contributed by atoms with van der Waals surface area (Å²) >= 11 is 1.15. The zero-order valence-electron chi connectivity index (χ0n) is 16.5. The van der Waals surface area contributed by atoms with E-state index in [2.05, 4.69) is 5.92 Å². The van der Waals surface area contributed by atoms with Gasteiger partial charge in [0.2, 0.25) is 0 Å². The van der Waals surface area contributed by atoms with Crippen LogP contribution in [0.25, 0.3) is 10.4 Å². The van der Waals surface area contributed by atoms with Crippen molar-refractivity contribution in [1.82, 2.24) is 0 Å². The van der Waals surface area contributed by atoms with Crippen LogP contribution in [0.3, 0.4) is 0 Å². The average molecular weight is 404 g/mol. The molecule has 0 aliphatic carbocycles. The van der Waals surface area contributed by atoms with Gasteiger partial charge in [-0.05, 0) is 43.2 Å². The first-order valence-corrected chi connectivity index (χ1v) is 9.85. The molecule has 0 aliphatic heterocycles. The van der Waals surface area contributed by atoms with Gasteiger partial charge in [0, 0.05) is 17.5 Å². The lowest BCUT2D eigenvalue weighted by atomic mass is 9.85. The molecule has 0 fully saturated rings. The molecular weight excluding hydrogens is 382 g/mol. The van der Waals surface area contributed by atoms with Gasteiger partial charge in [-0.2, -0.15) is 0 Å². The maximum Gasteiger partial charge on any atom is 0.348 e. The minimum Gasteiger partial charge on any atom is -0.477 e. The van der Waals surface area contributed by atoms with Gasteiger partial charge in [0.15, 0.2) is 0 Å². The largest absolute Gasteiger partial charge is 0.477 e. The molecule has 0 spiro atoms. The summed E-state index contributed by atoms with van der Waals surface area (Å²) in [6.07, 6.45) is 5.58. The molecule has 0 saturated heterocycles. The lowest BCUT2D eigenvalue weighted by Crippen LogP contribution is -2.27. The fourth-order valence-electron chi connectivity index (χ4n) is 2.94. The Morgan fingerprint density at radius 3 is 2.24 bits per heavy atom. The molecule has 3 aromatic rings. The third kappa shape index (κ3) is 4.08. The summed E-state index contributed by atoms with van der Waals surface area (Å²) in [6.45, 7) is 3.87. The van der Waals surface area contributed by atoms with E-state index >= 15 is 0 Å². The first-order valence-electron chi connectivity index (χ1n) is 9.03. The van der Waals surface area contributed by atoms with E-state index in [-0.39, 0.29) is 10.8 Å². The Hall–Kier alpha value is -3.36. The van der Waals surface area contributed by atoms with Gasteiger partial charge in [-0.1, -0.05) is 48.4 Å². The molecule has 3 rings (SSSR count). The van der Waals surface area contributed by atoms with E-state index in [4.69, 9.17) is 6.42 Å². The highest BCUT2D eigenvalue weighted by molar-refractivity contribution is 7.18. The van der Waals surface area contributed by atoms with E-state index < -0.39 is 11.4 Å². The molecule has 0 unspecified atom stereocenters. The van der Waals surface area contributed by atoms with Crippen molar-refractivity contribution in [2.75, 3.05) is 11.9 Å². The summed E-state index contributed by atoms with van der Waals surface area (Å²) in [6, 6.07) is 18.4. The van der Waals surface area contributed by atoms with E-state index in [9.17, 15) is 14.7 Å². The van der Waals surface area contributed by atoms with E-state index in [0.29, 0.717) is 11.3 Å². The van der Waals surface area contributed by atoms with Crippen LogP contribution in [0.2, 0.25) is 0 Å². The van der Waals surface area contributed by atoms with Gasteiger partial charge in [-0.15, -0.1) is 17.8 Å². The van der Waals surface area contributed by atoms with E-state index in [1.165, 1.54) is 4.90 Å². The first-order chi connectivity index (χ1) is 13.7. The van der Waals surface area contributed by atoms with Gasteiger partial charge >= 0.3 is 5.97 Å². The maximum atomic E-state index is 13.0. The summed E-state index contributed by atoms with van der Waals surface area (Å²) < 4.78 is 0. The number of carbonyl (C=O) groups excluding carboxylic acids is 1. The normalized spacial score (nSPS) is 11.0. The molecule has 29 heavy (non-hydrogen) atoms. The number of nitrogens with zero attached hydrogens (tertiary/aromatic N) is 1. The lowest BCUT2D eigenvalue weighted by Gasteiger charge is -2.20. The standard InChI is InChI=1S/C24H21NO3S/c1-5-24(2,3)18-13-11-17(12-14-18)22(26)25(4)19-15-20(29-21(19)23(27)28)16-9-7-6-8-10-16/h1,6-15H,2-4H3,(H,27,28). The number of carboxylic acid groups (broad SMARTS) is 1. The number of benzene rings is 2. The third-order valence-electron chi connectivity index (χ3n) is 4.85. The molecular formula is C24H21NO3S. The Kier molecular flexibility index (Phi) is 5.58. The van der Waals surface area contributed by atoms with Crippen molar-refractivity contribution in [3.63, 3.8) is 0 Å². The molecule has 4 nitrogen and oxygen atoms in total. The number of rotatable bonds is 5. The first kappa shape index (κ1) is 20.4. The summed E-state index contributed by atoms with van der Waals surface area (Å²) in [4.78, 5) is 27.1. The number of anilines is 1. The van der Waals surface area contributed by atoms with Crippen LogP contribution < -0.4 is 4.90 Å². The van der Waals surface area contributed by atoms with Crippen molar-refractivity contribution < 1.29 is 14.7 Å². The van der Waals surface area contributed by atoms with Gasteiger partial charge in [-0.25, -0.2) is 4.79 Å². The van der Waals surface area contributed by atoms with Crippen molar-refractivity contribution in [2.45, 2.75) is 19.3 Å². The second-order valence-corrected chi connectivity index (χ2v) is 8.26. The highest BCUT2D eigenvalue weighted by atomic mass is 32.1. The van der Waals surface area contributed by atoms with Gasteiger partial charge in [0.05, 0.1) is 11.1 Å². The molecule has 1 heterocycles. The quantitative estimate of drug-likeness (QED) is 0.588. The zero-order chi connectivity index (χ0) is 21.2. The van der Waals surface area contributed by atoms with Crippen molar-refractivity contribution in [3.05, 3.63) is 76.7 Å². The predicted molar refractivity (Wildman–Crippen MR) is 118 cm³/mol. The van der Waals surface area contributed by atoms with Crippen LogP contribution in [0.15, 0.2) is 60.7 Å². The van der Waals surface area contributed by atoms with Gasteiger partial charge in [0.1, 0.15) is 4.88 Å². The van der Waals surface area contributed by atoms with Gasteiger partial charge in [-0.3, -0.25) is 4.79 Å². The highest BCUT2D eigenvalue weighted by Crippen LogP contribution is 2.37. The van der Waals surface area contributed by atoms with Crippen LogP contribution >= 0.6 is 11.3 Å². The number of hydrogen-bond donors (Lipinski definition) is 1. The van der Waals surface area contributed by atoms with Gasteiger partial charge < -0.3 is 10.0 Å². The summed E-state index contributed by atoms with van der Waals surface area (Å²) in [5, 5.41) is 9.63. The number of carboxylic acids is 1. The van der Waals surface area contributed by atoms with Crippen molar-refractivity contribution >= 4 is 28.9 Å². The topological polar surface area (TPSA) is 57.6 Å². The number of carbonyl (C=O) groups is 2. The number of thiophene rings is 1. The lowest BCUT2D eigenvalue weighted by molar-refractivity contribution is 0.0703. The Bertz CT molecular complexity index is 1090. The highest BCUT2D eigenvalue weighted by Gasteiger charge is 2.24. The average Bonchev–Trinajstić information content (AvgIpc) is 3.19. The zero-order valence-corrected chi connectivity index (χ0v) is 17.3. The van der Waals surface area contributed by atoms with Crippen LogP contribution in [0, 0.1) is 12.3 Å². The Morgan fingerprint density at radius 2 is 1.69 bits per heavy atom. The fraction of sp³-hybridized carbons (Fsp3) is 0.167. The van der Waals surface area contributed by atoms with Crippen LogP contribution in [0.4, 0.5) is 5.69 Å². The van der Waals surface area contributed by atoms with Crippen LogP contribution in [0.1, 0.15) is 39.4 Å². The number of amides is 1. The van der Waals surface area contributed by atoms with E-state index in [0.717, 1.165) is 27.3 Å². The molecule has 1 aromatic heterocycles. The summed E-state index contributed by atoms with van der Waals surface area (Å²) in [5.41, 5.74) is 2.26. The Labute approximate surface area is 174 Å².